The molecule has 5 rings (SSSR count). The second kappa shape index (κ2) is 7.66. The molecule has 1 saturated carbocycles. The SMILES string of the molecule is O=C(C1CC1)N1CC(c2ccc(C3=NOC(c4cc(Cl)cc(Cl)c4)(C(F)(F)F)C3)cc2)C1. The maximum Gasteiger partial charge on any atom is 0.435 e. The number of hydrogen-bond donors (Lipinski definition) is 0. The van der Waals surface area contributed by atoms with Gasteiger partial charge in [0.2, 0.25) is 5.91 Å². The minimum Gasteiger partial charge on any atom is -0.374 e. The van der Waals surface area contributed by atoms with Crippen LogP contribution in [-0.2, 0) is 15.2 Å². The summed E-state index contributed by atoms with van der Waals surface area (Å²) in [5, 5.41) is 3.97. The zero-order valence-corrected chi connectivity index (χ0v) is 18.3. The summed E-state index contributed by atoms with van der Waals surface area (Å²) in [5.74, 6) is 0.693. The summed E-state index contributed by atoms with van der Waals surface area (Å²) in [6.45, 7) is 1.37. The number of oxime groups is 1. The number of nitrogens with zero attached hydrogens (tertiary/aromatic N) is 2. The number of likely N-dealkylation sites (tertiary alicyclic amines) is 1. The third-order valence-corrected chi connectivity index (χ3v) is 6.79. The van der Waals surface area contributed by atoms with Gasteiger partial charge in [0, 0.05) is 47.0 Å². The molecule has 0 spiro atoms. The van der Waals surface area contributed by atoms with Crippen LogP contribution in [0.2, 0.25) is 10.0 Å². The lowest BCUT2D eigenvalue weighted by Gasteiger charge is -2.39. The predicted molar refractivity (Wildman–Crippen MR) is 115 cm³/mol. The lowest BCUT2D eigenvalue weighted by molar-refractivity contribution is -0.275. The van der Waals surface area contributed by atoms with Gasteiger partial charge < -0.3 is 9.74 Å². The van der Waals surface area contributed by atoms with Crippen LogP contribution in [0.3, 0.4) is 0 Å². The Morgan fingerprint density at radius 2 is 1.69 bits per heavy atom. The minimum absolute atomic E-state index is 0.0900. The highest BCUT2D eigenvalue weighted by atomic mass is 35.5. The molecule has 0 aromatic heterocycles. The molecule has 1 unspecified atom stereocenters. The van der Waals surface area contributed by atoms with Crippen molar-refractivity contribution in [3.05, 3.63) is 69.2 Å². The fourth-order valence-electron chi connectivity index (χ4n) is 4.25. The van der Waals surface area contributed by atoms with E-state index >= 15 is 0 Å². The topological polar surface area (TPSA) is 41.9 Å². The van der Waals surface area contributed by atoms with Gasteiger partial charge in [-0.25, -0.2) is 0 Å². The minimum atomic E-state index is -4.73. The quantitative estimate of drug-likeness (QED) is 0.543. The monoisotopic (exact) mass is 482 g/mol. The van der Waals surface area contributed by atoms with Gasteiger partial charge in [0.05, 0.1) is 5.71 Å². The third kappa shape index (κ3) is 3.75. The molecule has 4 nitrogen and oxygen atoms in total. The molecule has 2 fully saturated rings. The van der Waals surface area contributed by atoms with Gasteiger partial charge in [0.15, 0.2) is 0 Å². The molecule has 0 bridgehead atoms. The summed E-state index contributed by atoms with van der Waals surface area (Å²) < 4.78 is 42.4. The standard InChI is InChI=1S/C23H19Cl2F3N2O2/c24-18-7-17(8-19(25)9-18)22(23(26,27)28)10-20(29-32-22)14-3-1-13(2-4-14)16-11-30(12-16)21(31)15-5-6-15/h1-4,7-9,15-16H,5-6,10-12H2. The summed E-state index contributed by atoms with van der Waals surface area (Å²) in [4.78, 5) is 19.0. The van der Waals surface area contributed by atoms with Crippen molar-refractivity contribution in [3.63, 3.8) is 0 Å². The maximum absolute atomic E-state index is 14.1. The van der Waals surface area contributed by atoms with Gasteiger partial charge in [-0.1, -0.05) is 52.6 Å². The fourth-order valence-corrected chi connectivity index (χ4v) is 4.78. The fraction of sp³-hybridized carbons (Fsp3) is 0.391. The van der Waals surface area contributed by atoms with E-state index in [0.717, 1.165) is 18.4 Å². The van der Waals surface area contributed by atoms with Gasteiger partial charge in [-0.3, -0.25) is 4.79 Å². The van der Waals surface area contributed by atoms with E-state index in [-0.39, 0.29) is 39.1 Å². The van der Waals surface area contributed by atoms with Crippen LogP contribution in [-0.4, -0.2) is 35.8 Å². The van der Waals surface area contributed by atoms with E-state index in [1.807, 2.05) is 17.0 Å². The third-order valence-electron chi connectivity index (χ3n) is 6.35. The number of carbonyl (C=O) groups is 1. The average Bonchev–Trinajstić information content (AvgIpc) is 3.43. The van der Waals surface area contributed by atoms with E-state index in [9.17, 15) is 18.0 Å². The Balaban J connectivity index is 1.32. The number of alkyl halides is 3. The molecule has 1 aliphatic carbocycles. The normalized spacial score (nSPS) is 23.5. The molecule has 2 aromatic rings. The van der Waals surface area contributed by atoms with Gasteiger partial charge in [0.25, 0.3) is 5.60 Å². The summed E-state index contributed by atoms with van der Waals surface area (Å²) in [7, 11) is 0. The molecule has 0 N–H and O–H groups in total. The number of hydrogen-bond acceptors (Lipinski definition) is 3. The van der Waals surface area contributed by atoms with Gasteiger partial charge in [0.1, 0.15) is 0 Å². The second-order valence-electron chi connectivity index (χ2n) is 8.63. The number of carbonyl (C=O) groups excluding carboxylic acids is 1. The van der Waals surface area contributed by atoms with Crippen molar-refractivity contribution in [2.45, 2.75) is 37.0 Å². The van der Waals surface area contributed by atoms with Crippen molar-refractivity contribution in [1.82, 2.24) is 4.90 Å². The van der Waals surface area contributed by atoms with Crippen LogP contribution in [0.5, 0.6) is 0 Å². The molecule has 2 heterocycles. The maximum atomic E-state index is 14.1. The first-order chi connectivity index (χ1) is 15.2. The average molecular weight is 483 g/mol. The summed E-state index contributed by atoms with van der Waals surface area (Å²) >= 11 is 11.9. The predicted octanol–water partition coefficient (Wildman–Crippen LogP) is 5.91. The molecule has 168 valence electrons. The summed E-state index contributed by atoms with van der Waals surface area (Å²) in [6, 6.07) is 11.0. The molecule has 1 atom stereocenters. The second-order valence-corrected chi connectivity index (χ2v) is 9.50. The molecule has 1 saturated heterocycles. The summed E-state index contributed by atoms with van der Waals surface area (Å²) in [5.41, 5.74) is -1.03. The van der Waals surface area contributed by atoms with E-state index in [2.05, 4.69) is 5.16 Å². The number of halogens is 5. The first-order valence-electron chi connectivity index (χ1n) is 10.3. The number of benzene rings is 2. The Labute approximate surface area is 192 Å². The molecule has 0 radical (unpaired) electrons. The van der Waals surface area contributed by atoms with Crippen LogP contribution in [0, 0.1) is 5.92 Å². The first-order valence-corrected chi connectivity index (χ1v) is 11.1. The van der Waals surface area contributed by atoms with Crippen molar-refractivity contribution in [1.29, 1.82) is 0 Å². The smallest absolute Gasteiger partial charge is 0.374 e. The highest BCUT2D eigenvalue weighted by molar-refractivity contribution is 6.34. The number of amides is 1. The Kier molecular flexibility index (Phi) is 5.17. The molecule has 1 amide bonds. The molecule has 32 heavy (non-hydrogen) atoms. The Morgan fingerprint density at radius 1 is 1.06 bits per heavy atom. The van der Waals surface area contributed by atoms with Crippen LogP contribution in [0.1, 0.15) is 41.9 Å². The first kappa shape index (κ1) is 21.6. The van der Waals surface area contributed by atoms with E-state index in [0.29, 0.717) is 18.7 Å². The highest BCUT2D eigenvalue weighted by Crippen LogP contribution is 2.49. The van der Waals surface area contributed by atoms with Crippen LogP contribution in [0.25, 0.3) is 0 Å². The van der Waals surface area contributed by atoms with Crippen molar-refractivity contribution in [2.24, 2.45) is 11.1 Å². The van der Waals surface area contributed by atoms with Crippen LogP contribution < -0.4 is 0 Å². The molecule has 3 aliphatic rings. The Hall–Kier alpha value is -2.25. The van der Waals surface area contributed by atoms with Crippen molar-refractivity contribution < 1.29 is 22.8 Å². The largest absolute Gasteiger partial charge is 0.435 e. The van der Waals surface area contributed by atoms with Crippen molar-refractivity contribution in [3.8, 4) is 0 Å². The molecule has 2 aromatic carbocycles. The lowest BCUT2D eigenvalue weighted by atomic mass is 9.85. The summed E-state index contributed by atoms with van der Waals surface area (Å²) in [6.07, 6.45) is -3.24. The van der Waals surface area contributed by atoms with E-state index < -0.39 is 18.2 Å². The Morgan fingerprint density at radius 3 is 2.25 bits per heavy atom. The van der Waals surface area contributed by atoms with Crippen LogP contribution in [0.4, 0.5) is 13.2 Å². The van der Waals surface area contributed by atoms with Crippen molar-refractivity contribution >= 4 is 34.8 Å². The Bertz CT molecular complexity index is 1070. The zero-order chi connectivity index (χ0) is 22.7. The zero-order valence-electron chi connectivity index (χ0n) is 16.8. The number of rotatable bonds is 4. The van der Waals surface area contributed by atoms with Gasteiger partial charge >= 0.3 is 6.18 Å². The van der Waals surface area contributed by atoms with Crippen LogP contribution in [0.15, 0.2) is 47.6 Å². The van der Waals surface area contributed by atoms with E-state index in [4.69, 9.17) is 28.0 Å². The van der Waals surface area contributed by atoms with Crippen molar-refractivity contribution in [2.75, 3.05) is 13.1 Å². The molecular formula is C23H19Cl2F3N2O2. The van der Waals surface area contributed by atoms with E-state index in [1.54, 1.807) is 12.1 Å². The molecule has 9 heteroatoms. The molecular weight excluding hydrogens is 464 g/mol. The van der Waals surface area contributed by atoms with Gasteiger partial charge in [-0.2, -0.15) is 13.2 Å². The molecule has 2 aliphatic heterocycles. The highest BCUT2D eigenvalue weighted by Gasteiger charge is 2.62. The lowest BCUT2D eigenvalue weighted by Crippen LogP contribution is -2.49. The van der Waals surface area contributed by atoms with Gasteiger partial charge in [-0.15, -0.1) is 0 Å². The van der Waals surface area contributed by atoms with E-state index in [1.165, 1.54) is 18.2 Å². The van der Waals surface area contributed by atoms with Crippen LogP contribution >= 0.6 is 23.2 Å². The van der Waals surface area contributed by atoms with Gasteiger partial charge in [-0.05, 0) is 42.2 Å².